The molecule has 0 saturated heterocycles. The highest BCUT2D eigenvalue weighted by atomic mass is 32.2. The van der Waals surface area contributed by atoms with Gasteiger partial charge < -0.3 is 4.57 Å². The molecule has 8 aromatic carbocycles. The summed E-state index contributed by atoms with van der Waals surface area (Å²) in [5.74, 6) is 2.72. The van der Waals surface area contributed by atoms with E-state index < -0.39 is 9.84 Å². The van der Waals surface area contributed by atoms with Crippen LogP contribution >= 0.6 is 0 Å². The standard InChI is InChI=1S/C61H46N4O2S/c66-68(67)54-22-9-6-19-50(54)56-60-34-11-12-39(33-35-60)38-61(56,60)51-37-46(29-32-55(51)68)45-16-10-15-44(36-45)40-23-25-42(26-24-40)58-62-57(41-13-2-1-3-14-41)63-59(64-58)43-27-30-47(31-28-43)65-52-20-7-4-17-48(52)49-18-5-8-21-53(49)65/h1-10,13-32,36-37,39,56H,11-12,33-35,38H2. The second kappa shape index (κ2) is 14.8. The van der Waals surface area contributed by atoms with Crippen molar-refractivity contribution in [2.45, 2.75) is 59.6 Å². The van der Waals surface area contributed by atoms with Crippen molar-refractivity contribution in [1.29, 1.82) is 0 Å². The van der Waals surface area contributed by atoms with Crippen LogP contribution in [0.4, 0.5) is 0 Å². The third-order valence-corrected chi connectivity index (χ3v) is 18.2. The summed E-state index contributed by atoms with van der Waals surface area (Å²) in [6.45, 7) is 0. The Morgan fingerprint density at radius 2 is 1.01 bits per heavy atom. The van der Waals surface area contributed by atoms with Crippen molar-refractivity contribution in [2.75, 3.05) is 0 Å². The fraction of sp³-hybridized carbons (Fsp3) is 0.164. The molecule has 0 amide bonds. The van der Waals surface area contributed by atoms with E-state index in [4.69, 9.17) is 15.0 Å². The number of aromatic nitrogens is 4. The van der Waals surface area contributed by atoms with Gasteiger partial charge in [-0.3, -0.25) is 0 Å². The van der Waals surface area contributed by atoms with Crippen molar-refractivity contribution in [2.24, 2.45) is 11.3 Å². The first-order valence-electron chi connectivity index (χ1n) is 24.0. The number of nitrogens with zero attached hydrogens (tertiary/aromatic N) is 4. The summed E-state index contributed by atoms with van der Waals surface area (Å²) in [5.41, 5.74) is 12.5. The number of fused-ring (bicyclic) bond motifs is 9. The minimum absolute atomic E-state index is 0.128. The van der Waals surface area contributed by atoms with Gasteiger partial charge >= 0.3 is 0 Å². The van der Waals surface area contributed by atoms with Gasteiger partial charge in [-0.25, -0.2) is 23.4 Å². The summed E-state index contributed by atoms with van der Waals surface area (Å²) >= 11 is 0. The van der Waals surface area contributed by atoms with Crippen molar-refractivity contribution in [3.63, 3.8) is 0 Å². The van der Waals surface area contributed by atoms with Gasteiger partial charge in [0.15, 0.2) is 17.5 Å². The molecule has 4 unspecified atom stereocenters. The van der Waals surface area contributed by atoms with E-state index in [1.165, 1.54) is 53.9 Å². The Hall–Kier alpha value is -7.48. The SMILES string of the molecule is O=S1(=O)c2ccccc2C2C34CCCC(CC3)CC24c2cc(-c3cccc(-c4ccc(-c5nc(-c6ccccc6)nc(-c6ccc(-n7c8ccccc8c8ccccc87)cc6)n5)cc4)c3)ccc21. The van der Waals surface area contributed by atoms with Crippen molar-refractivity contribution in [3.05, 3.63) is 205 Å². The van der Waals surface area contributed by atoms with Gasteiger partial charge in [-0.2, -0.15) is 0 Å². The summed E-state index contributed by atoms with van der Waals surface area (Å²) in [6.07, 6.45) is 7.18. The Bertz CT molecular complexity index is 3730. The Balaban J connectivity index is 0.811. The van der Waals surface area contributed by atoms with E-state index in [9.17, 15) is 8.42 Å². The molecule has 4 atom stereocenters. The third kappa shape index (κ3) is 5.75. The van der Waals surface area contributed by atoms with Crippen LogP contribution in [-0.4, -0.2) is 27.9 Å². The molecule has 2 bridgehead atoms. The Kier molecular flexibility index (Phi) is 8.61. The zero-order valence-electron chi connectivity index (χ0n) is 37.4. The second-order valence-electron chi connectivity index (χ2n) is 19.6. The van der Waals surface area contributed by atoms with E-state index in [-0.39, 0.29) is 16.7 Å². The molecule has 3 heterocycles. The van der Waals surface area contributed by atoms with E-state index in [0.717, 1.165) is 62.2 Å². The first-order valence-corrected chi connectivity index (χ1v) is 25.5. The molecule has 68 heavy (non-hydrogen) atoms. The number of para-hydroxylation sites is 2. The number of benzene rings is 8. The highest BCUT2D eigenvalue weighted by molar-refractivity contribution is 7.91. The van der Waals surface area contributed by atoms with Gasteiger partial charge in [0.25, 0.3) is 0 Å². The molecule has 5 aliphatic rings. The van der Waals surface area contributed by atoms with Gasteiger partial charge in [0, 0.05) is 44.5 Å². The van der Waals surface area contributed by atoms with Crippen LogP contribution in [-0.2, 0) is 15.3 Å². The highest BCUT2D eigenvalue weighted by Gasteiger charge is 2.79. The molecule has 2 spiro atoms. The summed E-state index contributed by atoms with van der Waals surface area (Å²) < 4.78 is 31.4. The van der Waals surface area contributed by atoms with Gasteiger partial charge in [0.05, 0.1) is 20.8 Å². The number of rotatable bonds is 6. The first kappa shape index (κ1) is 39.7. The van der Waals surface area contributed by atoms with Crippen LogP contribution in [0.5, 0.6) is 0 Å². The predicted molar refractivity (Wildman–Crippen MR) is 271 cm³/mol. The van der Waals surface area contributed by atoms with Gasteiger partial charge in [-0.05, 0) is 131 Å². The van der Waals surface area contributed by atoms with Crippen LogP contribution in [0.25, 0.3) is 83.9 Å². The topological polar surface area (TPSA) is 77.7 Å². The predicted octanol–water partition coefficient (Wildman–Crippen LogP) is 14.5. The van der Waals surface area contributed by atoms with Crippen LogP contribution in [0.15, 0.2) is 204 Å². The molecule has 1 aliphatic heterocycles. The summed E-state index contributed by atoms with van der Waals surface area (Å²) in [5, 5.41) is 2.46. The maximum Gasteiger partial charge on any atom is 0.207 e. The van der Waals surface area contributed by atoms with E-state index in [2.05, 4.69) is 138 Å². The molecule has 4 fully saturated rings. The van der Waals surface area contributed by atoms with Crippen molar-refractivity contribution in [3.8, 4) is 62.1 Å². The number of hydrogen-bond donors (Lipinski definition) is 0. The molecule has 7 heteroatoms. The molecule has 328 valence electrons. The molecule has 0 N–H and O–H groups in total. The molecule has 4 saturated carbocycles. The first-order chi connectivity index (χ1) is 33.4. The van der Waals surface area contributed by atoms with Gasteiger partial charge in [-0.1, -0.05) is 146 Å². The molecule has 15 rings (SSSR count). The Morgan fingerprint density at radius 1 is 0.471 bits per heavy atom. The quantitative estimate of drug-likeness (QED) is 0.166. The van der Waals surface area contributed by atoms with Gasteiger partial charge in [0.1, 0.15) is 0 Å². The monoisotopic (exact) mass is 898 g/mol. The molecule has 2 aromatic heterocycles. The summed E-state index contributed by atoms with van der Waals surface area (Å²) in [7, 11) is -3.68. The summed E-state index contributed by atoms with van der Waals surface area (Å²) in [6, 6.07) is 67.0. The molecule has 0 radical (unpaired) electrons. The Labute approximate surface area is 396 Å². The normalized spacial score (nSPS) is 21.8. The van der Waals surface area contributed by atoms with Crippen LogP contribution in [0.3, 0.4) is 0 Å². The van der Waals surface area contributed by atoms with Crippen LogP contribution in [0, 0.1) is 11.3 Å². The second-order valence-corrected chi connectivity index (χ2v) is 21.4. The maximum atomic E-state index is 14.6. The number of sulfone groups is 1. The minimum Gasteiger partial charge on any atom is -0.309 e. The lowest BCUT2D eigenvalue weighted by Crippen LogP contribution is -2.27. The molecular formula is C61H46N4O2S. The third-order valence-electron chi connectivity index (χ3n) is 16.3. The lowest BCUT2D eigenvalue weighted by Gasteiger charge is -2.33. The van der Waals surface area contributed by atoms with E-state index in [0.29, 0.717) is 33.2 Å². The smallest absolute Gasteiger partial charge is 0.207 e. The van der Waals surface area contributed by atoms with Crippen molar-refractivity contribution < 1.29 is 8.42 Å². The van der Waals surface area contributed by atoms with Crippen LogP contribution < -0.4 is 0 Å². The molecule has 10 aromatic rings. The summed E-state index contributed by atoms with van der Waals surface area (Å²) in [4.78, 5) is 16.2. The largest absolute Gasteiger partial charge is 0.309 e. The lowest BCUT2D eigenvalue weighted by atomic mass is 9.72. The fourth-order valence-electron chi connectivity index (χ4n) is 13.3. The maximum absolute atomic E-state index is 14.6. The zero-order valence-corrected chi connectivity index (χ0v) is 38.2. The number of hydrogen-bond acceptors (Lipinski definition) is 5. The van der Waals surface area contributed by atoms with Crippen molar-refractivity contribution >= 4 is 31.6 Å². The van der Waals surface area contributed by atoms with E-state index >= 15 is 0 Å². The van der Waals surface area contributed by atoms with E-state index in [1.54, 1.807) is 0 Å². The zero-order chi connectivity index (χ0) is 45.2. The average Bonchev–Trinajstić information content (AvgIpc) is 4.01. The van der Waals surface area contributed by atoms with Crippen molar-refractivity contribution in [1.82, 2.24) is 19.5 Å². The highest BCUT2D eigenvalue weighted by Crippen LogP contribution is 2.85. The van der Waals surface area contributed by atoms with Gasteiger partial charge in [-0.15, -0.1) is 0 Å². The van der Waals surface area contributed by atoms with Crippen LogP contribution in [0.2, 0.25) is 0 Å². The molecular weight excluding hydrogens is 853 g/mol. The average molecular weight is 899 g/mol. The van der Waals surface area contributed by atoms with Gasteiger partial charge in [0.2, 0.25) is 9.84 Å². The fourth-order valence-corrected chi connectivity index (χ4v) is 15.1. The minimum atomic E-state index is -3.68. The van der Waals surface area contributed by atoms with Crippen LogP contribution in [0.1, 0.15) is 55.6 Å². The lowest BCUT2D eigenvalue weighted by molar-refractivity contribution is 0.260. The van der Waals surface area contributed by atoms with E-state index in [1.807, 2.05) is 60.7 Å². The Morgan fingerprint density at radius 3 is 1.72 bits per heavy atom. The molecule has 6 nitrogen and oxygen atoms in total. The molecule has 4 aliphatic carbocycles.